The van der Waals surface area contributed by atoms with Gasteiger partial charge in [0, 0.05) is 7.05 Å². The van der Waals surface area contributed by atoms with Gasteiger partial charge in [0.2, 0.25) is 0 Å². The fourth-order valence-corrected chi connectivity index (χ4v) is 1.92. The summed E-state index contributed by atoms with van der Waals surface area (Å²) in [5.74, 6) is 0.497. The summed E-state index contributed by atoms with van der Waals surface area (Å²) in [5, 5.41) is 0. The van der Waals surface area contributed by atoms with Gasteiger partial charge in [0.25, 0.3) is 5.56 Å². The van der Waals surface area contributed by atoms with Crippen LogP contribution in [-0.2, 0) is 16.5 Å². The number of aromatic nitrogens is 4. The molecule has 0 bridgehead atoms. The Balaban J connectivity index is 2.16. The Bertz CT molecular complexity index is 692. The van der Waals surface area contributed by atoms with E-state index in [1.165, 1.54) is 4.57 Å². The van der Waals surface area contributed by atoms with Gasteiger partial charge in [-0.2, -0.15) is 0 Å². The van der Waals surface area contributed by atoms with Gasteiger partial charge in [-0.05, 0) is 0 Å². The number of aryl methyl sites for hydroxylation is 1. The average Bonchev–Trinajstić information content (AvgIpc) is 2.83. The zero-order valence-electron chi connectivity index (χ0n) is 9.73. The molecule has 2 aromatic rings. The largest absolute Gasteiger partial charge is 0.376 e. The lowest BCUT2D eigenvalue weighted by atomic mass is 10.3. The molecule has 8 heteroatoms. The van der Waals surface area contributed by atoms with Crippen LogP contribution in [0.3, 0.4) is 0 Å². The van der Waals surface area contributed by atoms with E-state index < -0.39 is 11.2 Å². The van der Waals surface area contributed by atoms with E-state index in [0.717, 1.165) is 0 Å². The van der Waals surface area contributed by atoms with Gasteiger partial charge in [-0.15, -0.1) is 0 Å². The second-order valence-electron chi connectivity index (χ2n) is 4.07. The van der Waals surface area contributed by atoms with Crippen molar-refractivity contribution in [3.05, 3.63) is 26.7 Å². The first-order valence-corrected chi connectivity index (χ1v) is 5.55. The van der Waals surface area contributed by atoms with E-state index in [1.54, 1.807) is 7.05 Å². The summed E-state index contributed by atoms with van der Waals surface area (Å²) in [5.41, 5.74) is -0.399. The van der Waals surface area contributed by atoms with E-state index in [1.807, 2.05) is 0 Å². The molecule has 1 aliphatic heterocycles. The smallest absolute Gasteiger partial charge is 0.329 e. The molecule has 18 heavy (non-hydrogen) atoms. The molecule has 1 atom stereocenters. The number of hydrogen-bond acceptors (Lipinski definition) is 5. The lowest BCUT2D eigenvalue weighted by Crippen LogP contribution is -2.28. The summed E-state index contributed by atoms with van der Waals surface area (Å²) in [4.78, 5) is 32.4. The number of imidazole rings is 1. The Labute approximate surface area is 101 Å². The number of aromatic amines is 2. The van der Waals surface area contributed by atoms with Crippen molar-refractivity contribution in [3.8, 4) is 0 Å². The first-order valence-electron chi connectivity index (χ1n) is 5.55. The van der Waals surface area contributed by atoms with E-state index in [4.69, 9.17) is 9.47 Å². The maximum atomic E-state index is 11.6. The second kappa shape index (κ2) is 4.07. The number of rotatable bonds is 1. The maximum absolute atomic E-state index is 11.6. The van der Waals surface area contributed by atoms with Gasteiger partial charge in [0.15, 0.2) is 5.65 Å². The summed E-state index contributed by atoms with van der Waals surface area (Å²) in [6.45, 7) is 1.42. The molecule has 3 heterocycles. The van der Waals surface area contributed by atoms with Crippen LogP contribution in [0.1, 0.15) is 11.9 Å². The molecule has 0 aromatic carbocycles. The highest BCUT2D eigenvalue weighted by atomic mass is 16.6. The molecule has 2 N–H and O–H groups in total. The number of nitrogens with one attached hydrogen (secondary N) is 2. The molecule has 96 valence electrons. The molecule has 1 fully saturated rings. The van der Waals surface area contributed by atoms with Crippen molar-refractivity contribution in [2.24, 2.45) is 7.05 Å². The number of fused-ring (bicyclic) bond motifs is 1. The van der Waals surface area contributed by atoms with Gasteiger partial charge in [-0.3, -0.25) is 14.3 Å². The molecule has 0 radical (unpaired) electrons. The molecule has 2 aromatic heterocycles. The summed E-state index contributed by atoms with van der Waals surface area (Å²) in [6.07, 6.45) is -0.333. The van der Waals surface area contributed by atoms with Crippen LogP contribution in [0.15, 0.2) is 9.59 Å². The van der Waals surface area contributed by atoms with Crippen molar-refractivity contribution in [1.29, 1.82) is 0 Å². The number of H-pyrrole nitrogens is 2. The molecular weight excluding hydrogens is 240 g/mol. The molecule has 0 amide bonds. The van der Waals surface area contributed by atoms with E-state index in [-0.39, 0.29) is 11.6 Å². The Hall–Kier alpha value is -1.93. The standard InChI is InChI=1S/C10H12N4O4/c1-14-8-6(9(15)13-10(14)16)11-7(12-8)5-4-17-2-3-18-5/h5H,2-4H2,1H3,(H,11,12)(H,13,15,16). The molecule has 3 rings (SSSR count). The molecule has 8 nitrogen and oxygen atoms in total. The van der Waals surface area contributed by atoms with Crippen LogP contribution in [0.4, 0.5) is 0 Å². The predicted molar refractivity (Wildman–Crippen MR) is 61.5 cm³/mol. The van der Waals surface area contributed by atoms with Crippen molar-refractivity contribution < 1.29 is 9.47 Å². The number of hydrogen-bond donors (Lipinski definition) is 2. The molecule has 1 unspecified atom stereocenters. The summed E-state index contributed by atoms with van der Waals surface area (Å²) in [6, 6.07) is 0. The van der Waals surface area contributed by atoms with Crippen molar-refractivity contribution in [2.45, 2.75) is 6.10 Å². The summed E-state index contributed by atoms with van der Waals surface area (Å²) >= 11 is 0. The molecular formula is C10H12N4O4. The molecule has 1 saturated heterocycles. The first kappa shape index (κ1) is 11.2. The fraction of sp³-hybridized carbons (Fsp3) is 0.500. The van der Waals surface area contributed by atoms with Crippen LogP contribution in [0.2, 0.25) is 0 Å². The molecule has 1 aliphatic rings. The minimum Gasteiger partial charge on any atom is -0.376 e. The van der Waals surface area contributed by atoms with Gasteiger partial charge < -0.3 is 14.5 Å². The molecule has 0 aliphatic carbocycles. The van der Waals surface area contributed by atoms with Crippen LogP contribution in [0.5, 0.6) is 0 Å². The molecule has 0 spiro atoms. The summed E-state index contributed by atoms with van der Waals surface area (Å²) in [7, 11) is 1.55. The van der Waals surface area contributed by atoms with E-state index in [9.17, 15) is 9.59 Å². The highest BCUT2D eigenvalue weighted by molar-refractivity contribution is 5.69. The van der Waals surface area contributed by atoms with Crippen molar-refractivity contribution in [3.63, 3.8) is 0 Å². The molecule has 0 saturated carbocycles. The predicted octanol–water partition coefficient (Wildman–Crippen LogP) is -0.962. The normalized spacial score (nSPS) is 20.4. The third-order valence-electron chi connectivity index (χ3n) is 2.89. The van der Waals surface area contributed by atoms with Crippen LogP contribution in [0, 0.1) is 0 Å². The zero-order chi connectivity index (χ0) is 12.7. The van der Waals surface area contributed by atoms with E-state index >= 15 is 0 Å². The van der Waals surface area contributed by atoms with Gasteiger partial charge in [0.1, 0.15) is 17.4 Å². The quantitative estimate of drug-likeness (QED) is 0.680. The SMILES string of the molecule is Cn1c(=O)[nH]c(=O)c2[nH]c(C3COCCO3)nc21. The minimum absolute atomic E-state index is 0.265. The average molecular weight is 252 g/mol. The van der Waals surface area contributed by atoms with Gasteiger partial charge >= 0.3 is 5.69 Å². The fourth-order valence-electron chi connectivity index (χ4n) is 1.92. The maximum Gasteiger partial charge on any atom is 0.329 e. The zero-order valence-corrected chi connectivity index (χ0v) is 9.73. The lowest BCUT2D eigenvalue weighted by molar-refractivity contribution is -0.0931. The highest BCUT2D eigenvalue weighted by Crippen LogP contribution is 2.19. The number of nitrogens with zero attached hydrogens (tertiary/aromatic N) is 2. The first-order chi connectivity index (χ1) is 8.66. The monoisotopic (exact) mass is 252 g/mol. The Morgan fingerprint density at radius 2 is 2.17 bits per heavy atom. The Morgan fingerprint density at radius 1 is 1.33 bits per heavy atom. The topological polar surface area (TPSA) is 102 Å². The van der Waals surface area contributed by atoms with Crippen LogP contribution in [-0.4, -0.2) is 39.3 Å². The Morgan fingerprint density at radius 3 is 2.89 bits per heavy atom. The van der Waals surface area contributed by atoms with Crippen LogP contribution >= 0.6 is 0 Å². The second-order valence-corrected chi connectivity index (χ2v) is 4.07. The third kappa shape index (κ3) is 1.66. The van der Waals surface area contributed by atoms with E-state index in [2.05, 4.69) is 15.0 Å². The Kier molecular flexibility index (Phi) is 2.53. The van der Waals surface area contributed by atoms with Crippen molar-refractivity contribution >= 4 is 11.2 Å². The highest BCUT2D eigenvalue weighted by Gasteiger charge is 2.21. The van der Waals surface area contributed by atoms with Gasteiger partial charge in [-0.25, -0.2) is 9.78 Å². The lowest BCUT2D eigenvalue weighted by Gasteiger charge is -2.20. The van der Waals surface area contributed by atoms with Crippen molar-refractivity contribution in [1.82, 2.24) is 19.5 Å². The minimum atomic E-state index is -0.494. The number of ether oxygens (including phenoxy) is 2. The van der Waals surface area contributed by atoms with Crippen LogP contribution < -0.4 is 11.2 Å². The van der Waals surface area contributed by atoms with Crippen molar-refractivity contribution in [2.75, 3.05) is 19.8 Å². The van der Waals surface area contributed by atoms with Gasteiger partial charge in [-0.1, -0.05) is 0 Å². The van der Waals surface area contributed by atoms with Crippen LogP contribution in [0.25, 0.3) is 11.2 Å². The summed E-state index contributed by atoms with van der Waals surface area (Å²) < 4.78 is 12.0. The van der Waals surface area contributed by atoms with E-state index in [0.29, 0.717) is 31.3 Å². The third-order valence-corrected chi connectivity index (χ3v) is 2.89. The van der Waals surface area contributed by atoms with Gasteiger partial charge in [0.05, 0.1) is 19.8 Å².